The van der Waals surface area contributed by atoms with Gasteiger partial charge in [-0.2, -0.15) is 0 Å². The van der Waals surface area contributed by atoms with Crippen molar-refractivity contribution in [2.45, 2.75) is 32.0 Å². The van der Waals surface area contributed by atoms with Crippen molar-refractivity contribution >= 4 is 11.8 Å². The number of aromatic nitrogens is 1. The monoisotopic (exact) mass is 298 g/mol. The summed E-state index contributed by atoms with van der Waals surface area (Å²) in [5, 5.41) is 13.0. The molecule has 0 aromatic carbocycles. The predicted octanol–water partition coefficient (Wildman–Crippen LogP) is 1.48. The molecule has 0 unspecified atom stereocenters. The number of methoxy groups -OCH3 is 2. The van der Waals surface area contributed by atoms with Gasteiger partial charge in [0, 0.05) is 44.7 Å². The highest BCUT2D eigenvalue weighted by molar-refractivity contribution is 5.68. The molecule has 1 aliphatic rings. The molecule has 7 nitrogen and oxygen atoms in total. The van der Waals surface area contributed by atoms with Crippen LogP contribution in [0, 0.1) is 5.92 Å². The fraction of sp³-hybridized carbons (Fsp3) is 0.714. The SMILES string of the molecule is COC(OC)C1CN(c2cc(C(C)(C)CC(=O)O)on2)C1. The van der Waals surface area contributed by atoms with Crippen molar-refractivity contribution in [1.82, 2.24) is 5.16 Å². The Kier molecular flexibility index (Phi) is 4.53. The molecule has 1 N–H and O–H groups in total. The molecule has 1 aromatic heterocycles. The zero-order valence-corrected chi connectivity index (χ0v) is 12.8. The number of anilines is 1. The lowest BCUT2D eigenvalue weighted by molar-refractivity contribution is -0.142. The molecule has 0 atom stereocenters. The van der Waals surface area contributed by atoms with Crippen LogP contribution in [0.5, 0.6) is 0 Å². The maximum atomic E-state index is 10.9. The van der Waals surface area contributed by atoms with Crippen LogP contribution in [0.25, 0.3) is 0 Å². The summed E-state index contributed by atoms with van der Waals surface area (Å²) in [4.78, 5) is 12.9. The van der Waals surface area contributed by atoms with Crippen LogP contribution >= 0.6 is 0 Å². The number of carbonyl (C=O) groups is 1. The van der Waals surface area contributed by atoms with Gasteiger partial charge in [-0.05, 0) is 0 Å². The third-order valence-corrected chi connectivity index (χ3v) is 3.84. The molecule has 7 heteroatoms. The number of hydrogen-bond acceptors (Lipinski definition) is 6. The highest BCUT2D eigenvalue weighted by Crippen LogP contribution is 2.33. The number of carboxylic acid groups (broad SMARTS) is 1. The third-order valence-electron chi connectivity index (χ3n) is 3.84. The first-order chi connectivity index (χ1) is 9.87. The molecule has 1 aliphatic heterocycles. The minimum atomic E-state index is -0.856. The van der Waals surface area contributed by atoms with Crippen molar-refractivity contribution < 1.29 is 23.9 Å². The van der Waals surface area contributed by atoms with Gasteiger partial charge in [0.1, 0.15) is 5.76 Å². The largest absolute Gasteiger partial charge is 0.481 e. The predicted molar refractivity (Wildman–Crippen MR) is 75.3 cm³/mol. The van der Waals surface area contributed by atoms with E-state index in [4.69, 9.17) is 19.1 Å². The minimum absolute atomic E-state index is 0.000316. The molecule has 0 aliphatic carbocycles. The van der Waals surface area contributed by atoms with Crippen LogP contribution in [0.1, 0.15) is 26.0 Å². The topological polar surface area (TPSA) is 85.0 Å². The van der Waals surface area contributed by atoms with Gasteiger partial charge < -0.3 is 24.0 Å². The number of ether oxygens (including phenoxy) is 2. The van der Waals surface area contributed by atoms with Gasteiger partial charge in [0.2, 0.25) is 0 Å². The lowest BCUT2D eigenvalue weighted by Gasteiger charge is -2.41. The number of hydrogen-bond donors (Lipinski definition) is 1. The van der Waals surface area contributed by atoms with Crippen LogP contribution in [-0.2, 0) is 19.7 Å². The standard InChI is InChI=1S/C14H22N2O5/c1-14(2,6-12(17)18)10-5-11(15-21-10)16-7-9(8-16)13(19-3)20-4/h5,9,13H,6-8H2,1-4H3,(H,17,18). The molecule has 0 radical (unpaired) electrons. The fourth-order valence-electron chi connectivity index (χ4n) is 2.55. The Morgan fingerprint density at radius 1 is 1.52 bits per heavy atom. The van der Waals surface area contributed by atoms with E-state index in [0.717, 1.165) is 18.9 Å². The van der Waals surface area contributed by atoms with Crippen LogP contribution in [-0.4, -0.2) is 49.8 Å². The average Bonchev–Trinajstić information content (AvgIpc) is 2.81. The minimum Gasteiger partial charge on any atom is -0.481 e. The van der Waals surface area contributed by atoms with Crippen molar-refractivity contribution in [1.29, 1.82) is 0 Å². The van der Waals surface area contributed by atoms with Crippen molar-refractivity contribution in [2.24, 2.45) is 5.92 Å². The lowest BCUT2D eigenvalue weighted by Crippen LogP contribution is -2.53. The first kappa shape index (κ1) is 15.8. The third kappa shape index (κ3) is 3.36. The summed E-state index contributed by atoms with van der Waals surface area (Å²) in [6.45, 7) is 5.21. The smallest absolute Gasteiger partial charge is 0.304 e. The molecule has 0 spiro atoms. The molecule has 1 saturated heterocycles. The summed E-state index contributed by atoms with van der Waals surface area (Å²) >= 11 is 0. The normalized spacial score (nSPS) is 16.3. The van der Waals surface area contributed by atoms with E-state index in [9.17, 15) is 4.79 Å². The Morgan fingerprint density at radius 2 is 2.14 bits per heavy atom. The molecule has 1 fully saturated rings. The van der Waals surface area contributed by atoms with Crippen LogP contribution < -0.4 is 4.90 Å². The molecule has 0 amide bonds. The second-order valence-corrected chi connectivity index (χ2v) is 6.01. The molecule has 2 rings (SSSR count). The number of nitrogens with zero attached hydrogens (tertiary/aromatic N) is 2. The van der Waals surface area contributed by atoms with Crippen molar-refractivity contribution in [3.8, 4) is 0 Å². The molecular formula is C14H22N2O5. The maximum Gasteiger partial charge on any atom is 0.304 e. The number of carboxylic acids is 1. The molecule has 118 valence electrons. The van der Waals surface area contributed by atoms with Crippen molar-refractivity contribution in [3.05, 3.63) is 11.8 Å². The van der Waals surface area contributed by atoms with E-state index in [2.05, 4.69) is 10.1 Å². The second-order valence-electron chi connectivity index (χ2n) is 6.01. The van der Waals surface area contributed by atoms with E-state index in [-0.39, 0.29) is 12.7 Å². The van der Waals surface area contributed by atoms with Crippen LogP contribution in [0.3, 0.4) is 0 Å². The second kappa shape index (κ2) is 6.03. The Morgan fingerprint density at radius 3 is 2.67 bits per heavy atom. The van der Waals surface area contributed by atoms with E-state index < -0.39 is 11.4 Å². The summed E-state index contributed by atoms with van der Waals surface area (Å²) in [6.07, 6.45) is -0.212. The van der Waals surface area contributed by atoms with Gasteiger partial charge in [-0.3, -0.25) is 4.79 Å². The molecule has 21 heavy (non-hydrogen) atoms. The highest BCUT2D eigenvalue weighted by atomic mass is 16.7. The quantitative estimate of drug-likeness (QED) is 0.763. The number of aliphatic carboxylic acids is 1. The van der Waals surface area contributed by atoms with Crippen LogP contribution in [0.4, 0.5) is 5.82 Å². The fourth-order valence-corrected chi connectivity index (χ4v) is 2.55. The van der Waals surface area contributed by atoms with Gasteiger partial charge in [-0.25, -0.2) is 0 Å². The van der Waals surface area contributed by atoms with Gasteiger partial charge in [0.05, 0.1) is 6.42 Å². The summed E-state index contributed by atoms with van der Waals surface area (Å²) in [5.74, 6) is 0.751. The van der Waals surface area contributed by atoms with Crippen molar-refractivity contribution in [3.63, 3.8) is 0 Å². The summed E-state index contributed by atoms with van der Waals surface area (Å²) in [5.41, 5.74) is -0.580. The molecule has 0 saturated carbocycles. The average molecular weight is 298 g/mol. The zero-order valence-electron chi connectivity index (χ0n) is 12.8. The summed E-state index contributed by atoms with van der Waals surface area (Å²) in [6, 6.07) is 1.81. The summed E-state index contributed by atoms with van der Waals surface area (Å²) < 4.78 is 15.8. The molecule has 0 bridgehead atoms. The van der Waals surface area contributed by atoms with Crippen molar-refractivity contribution in [2.75, 3.05) is 32.2 Å². The maximum absolute atomic E-state index is 10.9. The summed E-state index contributed by atoms with van der Waals surface area (Å²) in [7, 11) is 3.25. The molecule has 1 aromatic rings. The van der Waals surface area contributed by atoms with Gasteiger partial charge in [-0.1, -0.05) is 19.0 Å². The van der Waals surface area contributed by atoms with E-state index in [1.807, 2.05) is 19.9 Å². The lowest BCUT2D eigenvalue weighted by atomic mass is 9.86. The Hall–Kier alpha value is -1.60. The van der Waals surface area contributed by atoms with E-state index in [1.165, 1.54) is 0 Å². The van der Waals surface area contributed by atoms with Crippen LogP contribution in [0.15, 0.2) is 10.6 Å². The Labute approximate surface area is 123 Å². The van der Waals surface area contributed by atoms with Gasteiger partial charge in [0.25, 0.3) is 0 Å². The van der Waals surface area contributed by atoms with Gasteiger partial charge in [-0.15, -0.1) is 0 Å². The molecule has 2 heterocycles. The van der Waals surface area contributed by atoms with Gasteiger partial charge in [0.15, 0.2) is 12.1 Å². The van der Waals surface area contributed by atoms with Crippen LogP contribution in [0.2, 0.25) is 0 Å². The Balaban J connectivity index is 1.98. The Bertz CT molecular complexity index is 489. The van der Waals surface area contributed by atoms with E-state index in [0.29, 0.717) is 11.7 Å². The first-order valence-electron chi connectivity index (χ1n) is 6.87. The molecular weight excluding hydrogens is 276 g/mol. The first-order valence-corrected chi connectivity index (χ1v) is 6.87. The highest BCUT2D eigenvalue weighted by Gasteiger charge is 2.37. The zero-order chi connectivity index (χ0) is 15.6. The number of rotatable bonds is 7. The van der Waals surface area contributed by atoms with E-state index >= 15 is 0 Å². The van der Waals surface area contributed by atoms with E-state index in [1.54, 1.807) is 14.2 Å². The van der Waals surface area contributed by atoms with Gasteiger partial charge >= 0.3 is 5.97 Å².